The molecule has 20 heavy (non-hydrogen) atoms. The molecule has 0 aliphatic carbocycles. The van der Waals surface area contributed by atoms with Gasteiger partial charge in [0.05, 0.1) is 12.4 Å². The minimum Gasteiger partial charge on any atom is -0.490 e. The van der Waals surface area contributed by atoms with Gasteiger partial charge < -0.3 is 15.2 Å². The van der Waals surface area contributed by atoms with E-state index in [1.165, 1.54) is 5.56 Å². The first kappa shape index (κ1) is 14.4. The van der Waals surface area contributed by atoms with Crippen LogP contribution in [0.25, 0.3) is 0 Å². The fourth-order valence-corrected chi connectivity index (χ4v) is 1.83. The molecule has 5 nitrogen and oxygen atoms in total. The molecule has 0 saturated heterocycles. The van der Waals surface area contributed by atoms with Crippen molar-refractivity contribution >= 4 is 0 Å². The van der Waals surface area contributed by atoms with Gasteiger partial charge in [0, 0.05) is 6.54 Å². The lowest BCUT2D eigenvalue weighted by molar-refractivity contribution is 0.217. The first-order chi connectivity index (χ1) is 9.81. The third-order valence-electron chi connectivity index (χ3n) is 2.91. The first-order valence-electron chi connectivity index (χ1n) is 6.89. The van der Waals surface area contributed by atoms with Crippen LogP contribution in [0.1, 0.15) is 12.5 Å². The van der Waals surface area contributed by atoms with E-state index in [9.17, 15) is 0 Å². The average Bonchev–Trinajstić information content (AvgIpc) is 2.94. The zero-order valence-electron chi connectivity index (χ0n) is 11.8. The van der Waals surface area contributed by atoms with Gasteiger partial charge in [0.25, 0.3) is 0 Å². The van der Waals surface area contributed by atoms with Crippen LogP contribution < -0.4 is 15.2 Å². The number of hydrogen-bond donors (Lipinski definition) is 1. The Labute approximate surface area is 119 Å². The highest BCUT2D eigenvalue weighted by Crippen LogP contribution is 2.13. The molecule has 1 heterocycles. The Morgan fingerprint density at radius 3 is 2.40 bits per heavy atom. The lowest BCUT2D eigenvalue weighted by Crippen LogP contribution is -2.09. The molecular weight excluding hydrogens is 254 g/mol. The Hall–Kier alpha value is -2.01. The summed E-state index contributed by atoms with van der Waals surface area (Å²) in [5.41, 5.74) is 6.73. The van der Waals surface area contributed by atoms with Gasteiger partial charge in [-0.25, -0.2) is 0 Å². The van der Waals surface area contributed by atoms with Crippen molar-refractivity contribution in [2.24, 2.45) is 5.73 Å². The number of aryl methyl sites for hydroxylation is 1. The van der Waals surface area contributed by atoms with E-state index in [0.29, 0.717) is 19.8 Å². The molecule has 1 aromatic carbocycles. The summed E-state index contributed by atoms with van der Waals surface area (Å²) >= 11 is 0. The highest BCUT2D eigenvalue weighted by Gasteiger charge is 1.99. The quantitative estimate of drug-likeness (QED) is 0.747. The summed E-state index contributed by atoms with van der Waals surface area (Å²) in [6.07, 6.45) is 4.48. The third kappa shape index (κ3) is 4.28. The molecule has 0 unspecified atom stereocenters. The predicted molar refractivity (Wildman–Crippen MR) is 78.1 cm³/mol. The van der Waals surface area contributed by atoms with Crippen molar-refractivity contribution in [3.05, 3.63) is 42.2 Å². The largest absolute Gasteiger partial charge is 0.490 e. The van der Waals surface area contributed by atoms with Gasteiger partial charge >= 0.3 is 0 Å². The van der Waals surface area contributed by atoms with Crippen molar-refractivity contribution in [2.75, 3.05) is 19.8 Å². The van der Waals surface area contributed by atoms with Gasteiger partial charge in [0.15, 0.2) is 5.75 Å². The SMILES string of the molecule is CCn1cc(OCCOc2ccc(CCN)cc2)cn1. The summed E-state index contributed by atoms with van der Waals surface area (Å²) in [6, 6.07) is 7.99. The maximum absolute atomic E-state index is 5.61. The van der Waals surface area contributed by atoms with E-state index in [2.05, 4.69) is 5.10 Å². The molecule has 2 N–H and O–H groups in total. The van der Waals surface area contributed by atoms with Crippen LogP contribution in [0.5, 0.6) is 11.5 Å². The van der Waals surface area contributed by atoms with Crippen LogP contribution >= 0.6 is 0 Å². The normalized spacial score (nSPS) is 10.5. The maximum atomic E-state index is 5.61. The zero-order chi connectivity index (χ0) is 14.2. The summed E-state index contributed by atoms with van der Waals surface area (Å²) in [6.45, 7) is 4.55. The molecule has 1 aromatic heterocycles. The molecular formula is C15H21N3O2. The minimum absolute atomic E-state index is 0.500. The topological polar surface area (TPSA) is 62.3 Å². The van der Waals surface area contributed by atoms with Crippen molar-refractivity contribution in [1.82, 2.24) is 9.78 Å². The monoisotopic (exact) mass is 275 g/mol. The van der Waals surface area contributed by atoms with Gasteiger partial charge in [-0.1, -0.05) is 12.1 Å². The fourth-order valence-electron chi connectivity index (χ4n) is 1.83. The number of ether oxygens (including phenoxy) is 2. The number of hydrogen-bond acceptors (Lipinski definition) is 4. The molecule has 0 fully saturated rings. The molecule has 2 rings (SSSR count). The fraction of sp³-hybridized carbons (Fsp3) is 0.400. The first-order valence-corrected chi connectivity index (χ1v) is 6.89. The van der Waals surface area contributed by atoms with E-state index in [1.807, 2.05) is 42.1 Å². The second-order valence-corrected chi connectivity index (χ2v) is 4.41. The Kier molecular flexibility index (Phi) is 5.43. The van der Waals surface area contributed by atoms with Gasteiger partial charge in [0.2, 0.25) is 0 Å². The van der Waals surface area contributed by atoms with Gasteiger partial charge in [-0.3, -0.25) is 4.68 Å². The standard InChI is InChI=1S/C15H21N3O2/c1-2-18-12-15(11-17-18)20-10-9-19-14-5-3-13(4-6-14)7-8-16/h3-6,11-12H,2,7-10,16H2,1H3. The van der Waals surface area contributed by atoms with Crippen molar-refractivity contribution < 1.29 is 9.47 Å². The molecule has 2 aromatic rings. The van der Waals surface area contributed by atoms with E-state index in [-0.39, 0.29) is 0 Å². The van der Waals surface area contributed by atoms with E-state index < -0.39 is 0 Å². The molecule has 0 radical (unpaired) electrons. The van der Waals surface area contributed by atoms with Crippen LogP contribution in [0.4, 0.5) is 0 Å². The average molecular weight is 275 g/mol. The van der Waals surface area contributed by atoms with Crippen LogP contribution in [-0.4, -0.2) is 29.5 Å². The number of aromatic nitrogens is 2. The predicted octanol–water partition coefficient (Wildman–Crippen LogP) is 1.86. The molecule has 5 heteroatoms. The number of rotatable bonds is 8. The van der Waals surface area contributed by atoms with Crippen molar-refractivity contribution in [3.63, 3.8) is 0 Å². The minimum atomic E-state index is 0.500. The molecule has 108 valence electrons. The summed E-state index contributed by atoms with van der Waals surface area (Å²) in [4.78, 5) is 0. The number of nitrogens with two attached hydrogens (primary N) is 1. The van der Waals surface area contributed by atoms with Gasteiger partial charge in [-0.2, -0.15) is 5.10 Å². The number of benzene rings is 1. The maximum Gasteiger partial charge on any atom is 0.157 e. The van der Waals surface area contributed by atoms with E-state index in [1.54, 1.807) is 6.20 Å². The summed E-state index contributed by atoms with van der Waals surface area (Å²) in [7, 11) is 0. The molecule has 0 amide bonds. The van der Waals surface area contributed by atoms with Crippen LogP contribution in [-0.2, 0) is 13.0 Å². The molecule has 0 spiro atoms. The second-order valence-electron chi connectivity index (χ2n) is 4.41. The van der Waals surface area contributed by atoms with E-state index >= 15 is 0 Å². The highest BCUT2D eigenvalue weighted by atomic mass is 16.5. The van der Waals surface area contributed by atoms with Crippen molar-refractivity contribution in [3.8, 4) is 11.5 Å². The molecule has 0 bridgehead atoms. The van der Waals surface area contributed by atoms with Crippen LogP contribution in [0, 0.1) is 0 Å². The third-order valence-corrected chi connectivity index (χ3v) is 2.91. The Morgan fingerprint density at radius 2 is 1.80 bits per heavy atom. The Morgan fingerprint density at radius 1 is 1.10 bits per heavy atom. The Bertz CT molecular complexity index is 508. The summed E-state index contributed by atoms with van der Waals surface area (Å²) < 4.78 is 13.0. The zero-order valence-corrected chi connectivity index (χ0v) is 11.8. The Balaban J connectivity index is 1.70. The molecule has 0 aliphatic rings. The lowest BCUT2D eigenvalue weighted by Gasteiger charge is -2.07. The number of nitrogens with zero attached hydrogens (tertiary/aromatic N) is 2. The summed E-state index contributed by atoms with van der Waals surface area (Å²) in [5, 5.41) is 4.14. The van der Waals surface area contributed by atoms with Crippen LogP contribution in [0.15, 0.2) is 36.7 Å². The molecule has 0 aliphatic heterocycles. The van der Waals surface area contributed by atoms with Crippen LogP contribution in [0.2, 0.25) is 0 Å². The van der Waals surface area contributed by atoms with Crippen molar-refractivity contribution in [2.45, 2.75) is 19.9 Å². The van der Waals surface area contributed by atoms with Gasteiger partial charge in [-0.15, -0.1) is 0 Å². The van der Waals surface area contributed by atoms with Gasteiger partial charge in [-0.05, 0) is 37.6 Å². The molecule has 0 saturated carbocycles. The van der Waals surface area contributed by atoms with E-state index in [4.69, 9.17) is 15.2 Å². The smallest absolute Gasteiger partial charge is 0.157 e. The molecule has 0 atom stereocenters. The van der Waals surface area contributed by atoms with Crippen LogP contribution in [0.3, 0.4) is 0 Å². The second kappa shape index (κ2) is 7.55. The lowest BCUT2D eigenvalue weighted by atomic mass is 10.1. The summed E-state index contributed by atoms with van der Waals surface area (Å²) in [5.74, 6) is 1.62. The highest BCUT2D eigenvalue weighted by molar-refractivity contribution is 5.27. The van der Waals surface area contributed by atoms with Crippen molar-refractivity contribution in [1.29, 1.82) is 0 Å². The van der Waals surface area contributed by atoms with E-state index in [0.717, 1.165) is 24.5 Å². The van der Waals surface area contributed by atoms with Gasteiger partial charge in [0.1, 0.15) is 19.0 Å².